The maximum absolute atomic E-state index is 9.37. The first kappa shape index (κ1) is 14.4. The lowest BCUT2D eigenvalue weighted by molar-refractivity contribution is 0.0395. The first-order chi connectivity index (χ1) is 8.90. The molecule has 1 aliphatic heterocycles. The number of likely N-dealkylation sites (tertiary alicyclic amines) is 1. The van der Waals surface area contributed by atoms with Gasteiger partial charge in [0.15, 0.2) is 0 Å². The van der Waals surface area contributed by atoms with Crippen LogP contribution < -0.4 is 0 Å². The molecule has 2 aliphatic rings. The molecule has 0 aromatic rings. The number of ether oxygens (including phenoxy) is 1. The largest absolute Gasteiger partial charge is 0.501 e. The Labute approximate surface area is 116 Å². The van der Waals surface area contributed by atoms with E-state index in [2.05, 4.69) is 38.7 Å². The van der Waals surface area contributed by atoms with Crippen molar-refractivity contribution in [1.82, 2.24) is 4.90 Å². The van der Waals surface area contributed by atoms with Gasteiger partial charge in [0.25, 0.3) is 0 Å². The molecule has 19 heavy (non-hydrogen) atoms. The number of hydrogen-bond acceptors (Lipinski definition) is 3. The van der Waals surface area contributed by atoms with Crippen molar-refractivity contribution in [2.24, 2.45) is 11.8 Å². The van der Waals surface area contributed by atoms with E-state index in [-0.39, 0.29) is 12.1 Å². The van der Waals surface area contributed by atoms with E-state index in [1.54, 1.807) is 7.11 Å². The number of allylic oxidation sites excluding steroid dienone is 4. The Morgan fingerprint density at radius 3 is 2.74 bits per heavy atom. The van der Waals surface area contributed by atoms with Gasteiger partial charge in [0.2, 0.25) is 0 Å². The highest BCUT2D eigenvalue weighted by atomic mass is 16.5. The highest BCUT2D eigenvalue weighted by Gasteiger charge is 2.42. The van der Waals surface area contributed by atoms with E-state index in [9.17, 15) is 5.11 Å². The van der Waals surface area contributed by atoms with Crippen LogP contribution in [0.1, 0.15) is 40.5 Å². The molecule has 0 saturated carbocycles. The van der Waals surface area contributed by atoms with Crippen LogP contribution in [0.4, 0.5) is 0 Å². The third kappa shape index (κ3) is 2.53. The zero-order chi connectivity index (χ0) is 14.2. The monoisotopic (exact) mass is 265 g/mol. The fraction of sp³-hybridized carbons (Fsp3) is 0.750. The molecule has 2 unspecified atom stereocenters. The van der Waals surface area contributed by atoms with E-state index < -0.39 is 0 Å². The summed E-state index contributed by atoms with van der Waals surface area (Å²) in [5, 5.41) is 9.37. The van der Waals surface area contributed by atoms with Crippen LogP contribution in [0.3, 0.4) is 0 Å². The molecule has 2 atom stereocenters. The van der Waals surface area contributed by atoms with Gasteiger partial charge in [0.05, 0.1) is 19.5 Å². The van der Waals surface area contributed by atoms with Crippen molar-refractivity contribution in [3.05, 3.63) is 23.1 Å². The minimum atomic E-state index is 0.120. The summed E-state index contributed by atoms with van der Waals surface area (Å²) in [5.41, 5.74) is 2.73. The fourth-order valence-corrected chi connectivity index (χ4v) is 3.81. The Kier molecular flexibility index (Phi) is 3.95. The number of methoxy groups -OCH3 is 1. The van der Waals surface area contributed by atoms with Gasteiger partial charge in [0, 0.05) is 30.1 Å². The smallest absolute Gasteiger partial charge is 0.0991 e. The SMILES string of the molecule is COC1=C(C)C=C2C(C1)C(C)CC(C)(C)N2CCO. The number of rotatable bonds is 3. The lowest BCUT2D eigenvalue weighted by atomic mass is 9.71. The van der Waals surface area contributed by atoms with E-state index in [1.165, 1.54) is 11.3 Å². The van der Waals surface area contributed by atoms with E-state index in [1.807, 2.05) is 0 Å². The molecule has 3 nitrogen and oxygen atoms in total. The zero-order valence-corrected chi connectivity index (χ0v) is 12.9. The molecule has 1 heterocycles. The van der Waals surface area contributed by atoms with Crippen molar-refractivity contribution < 1.29 is 9.84 Å². The molecule has 1 saturated heterocycles. The van der Waals surface area contributed by atoms with Crippen LogP contribution in [-0.2, 0) is 4.74 Å². The quantitative estimate of drug-likeness (QED) is 0.851. The number of nitrogens with zero attached hydrogens (tertiary/aromatic N) is 1. The topological polar surface area (TPSA) is 32.7 Å². The van der Waals surface area contributed by atoms with Crippen molar-refractivity contribution in [1.29, 1.82) is 0 Å². The first-order valence-corrected chi connectivity index (χ1v) is 7.24. The summed E-state index contributed by atoms with van der Waals surface area (Å²) in [6.45, 7) is 9.94. The molecule has 0 radical (unpaired) electrons. The molecular formula is C16H27NO2. The van der Waals surface area contributed by atoms with Crippen LogP contribution in [0.15, 0.2) is 23.1 Å². The van der Waals surface area contributed by atoms with Crippen LogP contribution in [0.5, 0.6) is 0 Å². The molecule has 0 amide bonds. The Bertz CT molecular complexity index is 409. The number of aliphatic hydroxyl groups excluding tert-OH is 1. The average molecular weight is 265 g/mol. The van der Waals surface area contributed by atoms with E-state index >= 15 is 0 Å². The lowest BCUT2D eigenvalue weighted by Crippen LogP contribution is -2.53. The highest BCUT2D eigenvalue weighted by molar-refractivity contribution is 5.33. The van der Waals surface area contributed by atoms with Crippen LogP contribution in [0, 0.1) is 11.8 Å². The molecule has 2 rings (SSSR count). The Morgan fingerprint density at radius 1 is 1.47 bits per heavy atom. The minimum Gasteiger partial charge on any atom is -0.501 e. The summed E-state index contributed by atoms with van der Waals surface area (Å²) in [6.07, 6.45) is 4.42. The summed E-state index contributed by atoms with van der Waals surface area (Å²) in [6, 6.07) is 0. The van der Waals surface area contributed by atoms with Crippen LogP contribution in [0.25, 0.3) is 0 Å². The van der Waals surface area contributed by atoms with Crippen LogP contribution >= 0.6 is 0 Å². The second-order valence-corrected chi connectivity index (χ2v) is 6.56. The molecule has 0 aromatic carbocycles. The van der Waals surface area contributed by atoms with Gasteiger partial charge in [-0.1, -0.05) is 6.92 Å². The van der Waals surface area contributed by atoms with Gasteiger partial charge in [-0.2, -0.15) is 0 Å². The van der Waals surface area contributed by atoms with Gasteiger partial charge in [0.1, 0.15) is 0 Å². The lowest BCUT2D eigenvalue weighted by Gasteiger charge is -2.52. The summed E-state index contributed by atoms with van der Waals surface area (Å²) in [7, 11) is 1.76. The molecule has 0 bridgehead atoms. The number of hydrogen-bond donors (Lipinski definition) is 1. The van der Waals surface area contributed by atoms with Gasteiger partial charge >= 0.3 is 0 Å². The molecule has 0 aromatic heterocycles. The Hall–Kier alpha value is -0.960. The van der Waals surface area contributed by atoms with Crippen molar-refractivity contribution in [2.45, 2.75) is 46.1 Å². The first-order valence-electron chi connectivity index (χ1n) is 7.24. The predicted molar refractivity (Wildman–Crippen MR) is 77.6 cm³/mol. The normalized spacial score (nSPS) is 30.0. The molecule has 108 valence electrons. The van der Waals surface area contributed by atoms with Crippen LogP contribution in [0.2, 0.25) is 0 Å². The van der Waals surface area contributed by atoms with Gasteiger partial charge in [-0.15, -0.1) is 0 Å². The third-order valence-electron chi connectivity index (χ3n) is 4.71. The molecule has 3 heteroatoms. The highest BCUT2D eigenvalue weighted by Crippen LogP contribution is 2.46. The second-order valence-electron chi connectivity index (χ2n) is 6.56. The molecular weight excluding hydrogens is 238 g/mol. The van der Waals surface area contributed by atoms with Gasteiger partial charge in [-0.05, 0) is 44.8 Å². The van der Waals surface area contributed by atoms with Gasteiger partial charge in [-0.25, -0.2) is 0 Å². The Morgan fingerprint density at radius 2 is 2.16 bits per heavy atom. The number of fused-ring (bicyclic) bond motifs is 1. The molecule has 1 aliphatic carbocycles. The maximum atomic E-state index is 9.37. The van der Waals surface area contributed by atoms with Crippen molar-refractivity contribution >= 4 is 0 Å². The average Bonchev–Trinajstić information content (AvgIpc) is 2.33. The second kappa shape index (κ2) is 5.20. The summed E-state index contributed by atoms with van der Waals surface area (Å²) in [5.74, 6) is 2.29. The summed E-state index contributed by atoms with van der Waals surface area (Å²) >= 11 is 0. The molecule has 1 fully saturated rings. The van der Waals surface area contributed by atoms with Crippen molar-refractivity contribution in [2.75, 3.05) is 20.3 Å². The Balaban J connectivity index is 2.40. The zero-order valence-electron chi connectivity index (χ0n) is 12.9. The molecule has 0 spiro atoms. The number of β-amino-alcohol motifs (C(OH)–C–C–N with tert-alkyl or cyclic N) is 1. The summed E-state index contributed by atoms with van der Waals surface area (Å²) < 4.78 is 5.52. The van der Waals surface area contributed by atoms with Crippen LogP contribution in [-0.4, -0.2) is 35.8 Å². The van der Waals surface area contributed by atoms with Gasteiger partial charge in [-0.3, -0.25) is 0 Å². The number of aliphatic hydroxyl groups is 1. The van der Waals surface area contributed by atoms with E-state index in [4.69, 9.17) is 4.74 Å². The maximum Gasteiger partial charge on any atom is 0.0991 e. The summed E-state index contributed by atoms with van der Waals surface area (Å²) in [4.78, 5) is 2.40. The van der Waals surface area contributed by atoms with Crippen molar-refractivity contribution in [3.63, 3.8) is 0 Å². The number of piperidine rings is 1. The van der Waals surface area contributed by atoms with Crippen molar-refractivity contribution in [3.8, 4) is 0 Å². The minimum absolute atomic E-state index is 0.120. The predicted octanol–water partition coefficient (Wildman–Crippen LogP) is 2.92. The van der Waals surface area contributed by atoms with Gasteiger partial charge < -0.3 is 14.7 Å². The standard InChI is InChI=1S/C16H27NO2/c1-11-8-14-13(9-15(11)19-5)12(2)10-16(3,4)17(14)6-7-18/h8,12-13,18H,6-7,9-10H2,1-5H3. The molecule has 1 N–H and O–H groups in total. The van der Waals surface area contributed by atoms with E-state index in [0.717, 1.165) is 25.1 Å². The van der Waals surface area contributed by atoms with E-state index in [0.29, 0.717) is 11.8 Å². The third-order valence-corrected chi connectivity index (χ3v) is 4.71. The fourth-order valence-electron chi connectivity index (χ4n) is 3.81.